The number of carbonyl (C=O) groups excluding carboxylic acids is 1. The Hall–Kier alpha value is -2.12. The lowest BCUT2D eigenvalue weighted by molar-refractivity contribution is -0.116. The number of anilines is 1. The summed E-state index contributed by atoms with van der Waals surface area (Å²) in [7, 11) is 0. The van der Waals surface area contributed by atoms with Gasteiger partial charge in [0, 0.05) is 16.7 Å². The van der Waals surface area contributed by atoms with E-state index in [2.05, 4.69) is 32.2 Å². The SMILES string of the molecule is O=C(CSc1nnc(-c2ccccc2Br)o1)N1CCCc2ccccc21. The lowest BCUT2D eigenvalue weighted by Crippen LogP contribution is -2.36. The van der Waals surface area contributed by atoms with Gasteiger partial charge in [0.2, 0.25) is 11.8 Å². The van der Waals surface area contributed by atoms with Crippen molar-refractivity contribution in [3.8, 4) is 11.5 Å². The number of aryl methyl sites for hydroxylation is 1. The lowest BCUT2D eigenvalue weighted by Gasteiger charge is -2.29. The Kier molecular flexibility index (Phi) is 5.08. The van der Waals surface area contributed by atoms with E-state index in [0.29, 0.717) is 11.1 Å². The van der Waals surface area contributed by atoms with Gasteiger partial charge >= 0.3 is 0 Å². The van der Waals surface area contributed by atoms with E-state index in [1.54, 1.807) is 0 Å². The van der Waals surface area contributed by atoms with Crippen LogP contribution in [0.3, 0.4) is 0 Å². The molecule has 0 aliphatic carbocycles. The highest BCUT2D eigenvalue weighted by atomic mass is 79.9. The van der Waals surface area contributed by atoms with Gasteiger partial charge in [0.1, 0.15) is 0 Å². The van der Waals surface area contributed by atoms with Crippen LogP contribution in [0.1, 0.15) is 12.0 Å². The number of thioether (sulfide) groups is 1. The Morgan fingerprint density at radius 2 is 1.96 bits per heavy atom. The van der Waals surface area contributed by atoms with Crippen molar-refractivity contribution in [2.24, 2.45) is 0 Å². The maximum Gasteiger partial charge on any atom is 0.277 e. The molecule has 2 aromatic carbocycles. The monoisotopic (exact) mass is 429 g/mol. The van der Waals surface area contributed by atoms with Crippen LogP contribution in [0.2, 0.25) is 0 Å². The number of halogens is 1. The molecule has 132 valence electrons. The first-order valence-electron chi connectivity index (χ1n) is 8.32. The van der Waals surface area contributed by atoms with Gasteiger partial charge in [0.15, 0.2) is 0 Å². The minimum Gasteiger partial charge on any atom is -0.411 e. The molecule has 1 amide bonds. The highest BCUT2D eigenvalue weighted by Crippen LogP contribution is 2.30. The molecule has 0 saturated heterocycles. The van der Waals surface area contributed by atoms with Gasteiger partial charge in [-0.05, 0) is 52.5 Å². The molecular formula is C19H16BrN3O2S. The summed E-state index contributed by atoms with van der Waals surface area (Å²) in [5.41, 5.74) is 3.08. The van der Waals surface area contributed by atoms with Crippen LogP contribution >= 0.6 is 27.7 Å². The van der Waals surface area contributed by atoms with Crippen LogP contribution in [-0.4, -0.2) is 28.4 Å². The summed E-state index contributed by atoms with van der Waals surface area (Å²) in [6.45, 7) is 0.752. The molecule has 7 heteroatoms. The van der Waals surface area contributed by atoms with Crippen LogP contribution in [0, 0.1) is 0 Å². The second-order valence-electron chi connectivity index (χ2n) is 5.92. The molecule has 0 radical (unpaired) electrons. The average Bonchev–Trinajstić information content (AvgIpc) is 3.15. The van der Waals surface area contributed by atoms with E-state index in [9.17, 15) is 4.79 Å². The molecule has 26 heavy (non-hydrogen) atoms. The number of aromatic nitrogens is 2. The highest BCUT2D eigenvalue weighted by molar-refractivity contribution is 9.10. The summed E-state index contributed by atoms with van der Waals surface area (Å²) in [5.74, 6) is 0.768. The Balaban J connectivity index is 1.44. The maximum atomic E-state index is 12.7. The van der Waals surface area contributed by atoms with Crippen molar-refractivity contribution < 1.29 is 9.21 Å². The van der Waals surface area contributed by atoms with E-state index < -0.39 is 0 Å². The second kappa shape index (κ2) is 7.63. The largest absolute Gasteiger partial charge is 0.411 e. The molecule has 0 fully saturated rings. The van der Waals surface area contributed by atoms with Gasteiger partial charge in [-0.3, -0.25) is 4.79 Å². The van der Waals surface area contributed by atoms with Crippen LogP contribution in [-0.2, 0) is 11.2 Å². The third-order valence-electron chi connectivity index (χ3n) is 4.24. The molecule has 1 aromatic heterocycles. The molecule has 0 saturated carbocycles. The molecule has 1 aliphatic heterocycles. The van der Waals surface area contributed by atoms with Gasteiger partial charge in [0.25, 0.3) is 5.22 Å². The first kappa shape index (κ1) is 17.3. The van der Waals surface area contributed by atoms with E-state index in [1.807, 2.05) is 47.4 Å². The van der Waals surface area contributed by atoms with Crippen LogP contribution in [0.15, 0.2) is 62.6 Å². The molecule has 3 aromatic rings. The average molecular weight is 430 g/mol. The standard InChI is InChI=1S/C19H16BrN3O2S/c20-15-9-3-2-8-14(15)18-21-22-19(25-18)26-12-17(24)23-11-5-7-13-6-1-4-10-16(13)23/h1-4,6,8-10H,5,7,11-12H2. The molecule has 5 nitrogen and oxygen atoms in total. The summed E-state index contributed by atoms with van der Waals surface area (Å²) >= 11 is 4.75. The van der Waals surface area contributed by atoms with Crippen molar-refractivity contribution in [2.75, 3.05) is 17.2 Å². The third kappa shape index (κ3) is 3.54. The number of fused-ring (bicyclic) bond motifs is 1. The summed E-state index contributed by atoms with van der Waals surface area (Å²) in [6.07, 6.45) is 2.01. The molecule has 2 heterocycles. The summed E-state index contributed by atoms with van der Waals surface area (Å²) < 4.78 is 6.59. The number of hydrogen-bond acceptors (Lipinski definition) is 5. The van der Waals surface area contributed by atoms with Crippen LogP contribution in [0.25, 0.3) is 11.5 Å². The van der Waals surface area contributed by atoms with Crippen LogP contribution in [0.4, 0.5) is 5.69 Å². The third-order valence-corrected chi connectivity index (χ3v) is 5.74. The van der Waals surface area contributed by atoms with Crippen molar-refractivity contribution >= 4 is 39.3 Å². The fourth-order valence-corrected chi connectivity index (χ4v) is 4.10. The Morgan fingerprint density at radius 3 is 2.85 bits per heavy atom. The second-order valence-corrected chi connectivity index (χ2v) is 7.70. The maximum absolute atomic E-state index is 12.7. The zero-order chi connectivity index (χ0) is 17.9. The molecule has 1 aliphatic rings. The van der Waals surface area contributed by atoms with Gasteiger partial charge < -0.3 is 9.32 Å². The molecule has 0 N–H and O–H groups in total. The molecule has 4 rings (SSSR count). The zero-order valence-corrected chi connectivity index (χ0v) is 16.3. The first-order chi connectivity index (χ1) is 12.7. The fraction of sp³-hybridized carbons (Fsp3) is 0.211. The fourth-order valence-electron chi connectivity index (χ4n) is 3.01. The van der Waals surface area contributed by atoms with Gasteiger partial charge in [-0.1, -0.05) is 42.1 Å². The van der Waals surface area contributed by atoms with Crippen molar-refractivity contribution in [1.82, 2.24) is 10.2 Å². The van der Waals surface area contributed by atoms with E-state index in [-0.39, 0.29) is 11.7 Å². The van der Waals surface area contributed by atoms with Gasteiger partial charge in [-0.15, -0.1) is 10.2 Å². The normalized spacial score (nSPS) is 13.5. The molecule has 0 atom stereocenters. The topological polar surface area (TPSA) is 59.2 Å². The number of carbonyl (C=O) groups is 1. The minimum atomic E-state index is 0.0581. The number of benzene rings is 2. The smallest absolute Gasteiger partial charge is 0.277 e. The minimum absolute atomic E-state index is 0.0581. The first-order valence-corrected chi connectivity index (χ1v) is 10.1. The molecular weight excluding hydrogens is 414 g/mol. The van der Waals surface area contributed by atoms with Gasteiger partial charge in [-0.25, -0.2) is 0 Å². The number of hydrogen-bond donors (Lipinski definition) is 0. The number of rotatable bonds is 4. The van der Waals surface area contributed by atoms with E-state index in [1.165, 1.54) is 17.3 Å². The highest BCUT2D eigenvalue weighted by Gasteiger charge is 2.23. The summed E-state index contributed by atoms with van der Waals surface area (Å²) in [6, 6.07) is 15.7. The van der Waals surface area contributed by atoms with Crippen LogP contribution in [0.5, 0.6) is 0 Å². The summed E-state index contributed by atoms with van der Waals surface area (Å²) in [4.78, 5) is 14.5. The van der Waals surface area contributed by atoms with E-state index in [4.69, 9.17) is 4.42 Å². The van der Waals surface area contributed by atoms with Crippen molar-refractivity contribution in [3.05, 3.63) is 58.6 Å². The van der Waals surface area contributed by atoms with Gasteiger partial charge in [-0.2, -0.15) is 0 Å². The number of para-hydroxylation sites is 1. The number of amides is 1. The Morgan fingerprint density at radius 1 is 1.15 bits per heavy atom. The Labute approximate surface area is 163 Å². The number of nitrogens with zero attached hydrogens (tertiary/aromatic N) is 3. The van der Waals surface area contributed by atoms with E-state index >= 15 is 0 Å². The summed E-state index contributed by atoms with van der Waals surface area (Å²) in [5, 5.41) is 8.53. The lowest BCUT2D eigenvalue weighted by atomic mass is 10.0. The molecule has 0 unspecified atom stereocenters. The molecule has 0 spiro atoms. The Bertz CT molecular complexity index is 944. The zero-order valence-electron chi connectivity index (χ0n) is 13.9. The predicted octanol–water partition coefficient (Wildman–Crippen LogP) is 4.57. The van der Waals surface area contributed by atoms with Gasteiger partial charge in [0.05, 0.1) is 11.3 Å². The predicted molar refractivity (Wildman–Crippen MR) is 105 cm³/mol. The van der Waals surface area contributed by atoms with Crippen molar-refractivity contribution in [1.29, 1.82) is 0 Å². The van der Waals surface area contributed by atoms with E-state index in [0.717, 1.165) is 35.1 Å². The van der Waals surface area contributed by atoms with Crippen molar-refractivity contribution in [3.63, 3.8) is 0 Å². The van der Waals surface area contributed by atoms with Crippen molar-refractivity contribution in [2.45, 2.75) is 18.1 Å². The van der Waals surface area contributed by atoms with Crippen LogP contribution < -0.4 is 4.90 Å². The quantitative estimate of drug-likeness (QED) is 0.568. The molecule has 0 bridgehead atoms.